The average Bonchev–Trinajstić information content (AvgIpc) is 2.94. The minimum atomic E-state index is -2.11. The zero-order valence-corrected chi connectivity index (χ0v) is 13.4. The van der Waals surface area contributed by atoms with Crippen LogP contribution in [0.15, 0.2) is 41.1 Å². The van der Waals surface area contributed by atoms with E-state index < -0.39 is 6.85 Å². The lowest BCUT2D eigenvalue weighted by atomic mass is 9.50. The van der Waals surface area contributed by atoms with Gasteiger partial charge >= 0.3 is 6.85 Å². The summed E-state index contributed by atoms with van der Waals surface area (Å²) in [5, 5.41) is 2.03. The van der Waals surface area contributed by atoms with Gasteiger partial charge in [0.25, 0.3) is 0 Å². The molecule has 3 aromatic rings. The quantitative estimate of drug-likeness (QED) is 0.477. The predicted molar refractivity (Wildman–Crippen MR) is 92.3 cm³/mol. The Labute approximate surface area is 139 Å². The topological polar surface area (TPSA) is 33.2 Å². The van der Waals surface area contributed by atoms with Crippen molar-refractivity contribution in [3.05, 3.63) is 52.9 Å². The standard InChI is InChI=1S/C18H19BN3O/c1-12-7-8-16(21(3)10-12)19-13(2)17-15(11-22(19)4)14-6-5-9-20-18(14)23-17/h5-11H,1-4H3/q+1/i1D3. The predicted octanol–water partition coefficient (Wildman–Crippen LogP) is 0.253. The van der Waals surface area contributed by atoms with E-state index in [2.05, 4.69) is 16.0 Å². The fourth-order valence-corrected chi connectivity index (χ4v) is 3.41. The molecule has 0 aliphatic carbocycles. The highest BCUT2D eigenvalue weighted by Gasteiger charge is 2.35. The van der Waals surface area contributed by atoms with Crippen molar-refractivity contribution in [3.8, 4) is 0 Å². The maximum atomic E-state index is 7.60. The van der Waals surface area contributed by atoms with Crippen molar-refractivity contribution < 1.29 is 13.1 Å². The average molecular weight is 307 g/mol. The molecule has 0 saturated heterocycles. The lowest BCUT2D eigenvalue weighted by Gasteiger charge is -2.24. The molecule has 0 unspecified atom stereocenters. The highest BCUT2D eigenvalue weighted by molar-refractivity contribution is 6.85. The van der Waals surface area contributed by atoms with Crippen molar-refractivity contribution in [2.75, 3.05) is 7.05 Å². The normalized spacial score (nSPS) is 16.7. The summed E-state index contributed by atoms with van der Waals surface area (Å²) < 4.78 is 30.7. The van der Waals surface area contributed by atoms with Crippen LogP contribution >= 0.6 is 0 Å². The van der Waals surface area contributed by atoms with Crippen LogP contribution in [-0.2, 0) is 7.05 Å². The number of furan rings is 1. The van der Waals surface area contributed by atoms with E-state index in [9.17, 15) is 0 Å². The molecule has 1 aliphatic heterocycles. The van der Waals surface area contributed by atoms with Gasteiger partial charge in [0, 0.05) is 26.5 Å². The Balaban J connectivity index is 1.91. The first kappa shape index (κ1) is 11.1. The van der Waals surface area contributed by atoms with Gasteiger partial charge in [0.05, 0.1) is 0 Å². The molecule has 23 heavy (non-hydrogen) atoms. The summed E-state index contributed by atoms with van der Waals surface area (Å²) in [6, 6.07) is 7.47. The third-order valence-electron chi connectivity index (χ3n) is 4.47. The van der Waals surface area contributed by atoms with E-state index in [1.165, 1.54) is 0 Å². The van der Waals surface area contributed by atoms with Crippen LogP contribution in [0.4, 0.5) is 0 Å². The molecule has 0 fully saturated rings. The summed E-state index contributed by atoms with van der Waals surface area (Å²) in [7, 11) is 3.89. The van der Waals surface area contributed by atoms with Crippen LogP contribution < -0.4 is 20.8 Å². The van der Waals surface area contributed by atoms with Gasteiger partial charge in [0.1, 0.15) is 12.5 Å². The van der Waals surface area contributed by atoms with Gasteiger partial charge in [-0.05, 0) is 56.8 Å². The monoisotopic (exact) mass is 307 g/mol. The zero-order chi connectivity index (χ0) is 18.6. The van der Waals surface area contributed by atoms with Crippen LogP contribution in [0.3, 0.4) is 0 Å². The van der Waals surface area contributed by atoms with Gasteiger partial charge in [0.2, 0.25) is 5.71 Å². The fourth-order valence-electron chi connectivity index (χ4n) is 3.41. The molecule has 4 nitrogen and oxygen atoms in total. The molecule has 3 aromatic heterocycles. The lowest BCUT2D eigenvalue weighted by Crippen LogP contribution is -2.62. The minimum absolute atomic E-state index is 0.0429. The summed E-state index contributed by atoms with van der Waals surface area (Å²) in [5.74, 6) is 0. The van der Waals surface area contributed by atoms with Crippen molar-refractivity contribution in [2.24, 2.45) is 7.05 Å². The fraction of sp³-hybridized carbons (Fsp3) is 0.222. The maximum Gasteiger partial charge on any atom is 0.402 e. The molecule has 0 amide bonds. The molecule has 5 heteroatoms. The number of fused-ring (bicyclic) bond motifs is 3. The van der Waals surface area contributed by atoms with Crippen molar-refractivity contribution in [3.63, 3.8) is 0 Å². The second kappa shape index (κ2) is 4.98. The second-order valence-electron chi connectivity index (χ2n) is 6.03. The molecule has 0 spiro atoms. The minimum Gasteiger partial charge on any atom is -0.438 e. The number of aryl methyl sites for hydroxylation is 2. The SMILES string of the molecule is [2H]C([2H])([2H])c1ccc(B2C(C)=c3oc4ncccc4c3=CN2C)[n+](C)c1. The highest BCUT2D eigenvalue weighted by atomic mass is 16.3. The van der Waals surface area contributed by atoms with Gasteiger partial charge in [0.15, 0.2) is 11.8 Å². The Morgan fingerprint density at radius 1 is 1.35 bits per heavy atom. The Hall–Kier alpha value is -2.56. The first-order valence-electron chi connectivity index (χ1n) is 9.05. The summed E-state index contributed by atoms with van der Waals surface area (Å²) in [6.45, 7) is -0.108. The molecule has 0 saturated carbocycles. The number of aromatic nitrogens is 2. The first-order chi connectivity index (χ1) is 12.3. The molecule has 0 aromatic carbocycles. The summed E-state index contributed by atoms with van der Waals surface area (Å²) in [5.41, 5.74) is 3.86. The van der Waals surface area contributed by atoms with Gasteiger partial charge in [-0.1, -0.05) is 0 Å². The molecule has 114 valence electrons. The smallest absolute Gasteiger partial charge is 0.402 e. The van der Waals surface area contributed by atoms with Crippen LogP contribution in [0.5, 0.6) is 0 Å². The van der Waals surface area contributed by atoms with Gasteiger partial charge in [-0.25, -0.2) is 9.55 Å². The summed E-state index contributed by atoms with van der Waals surface area (Å²) >= 11 is 0. The molecule has 0 N–H and O–H groups in total. The Morgan fingerprint density at radius 3 is 3.00 bits per heavy atom. The Kier molecular flexibility index (Phi) is 2.39. The maximum absolute atomic E-state index is 7.60. The zero-order valence-electron chi connectivity index (χ0n) is 16.4. The number of rotatable bonds is 1. The Morgan fingerprint density at radius 2 is 2.22 bits per heavy atom. The van der Waals surface area contributed by atoms with Gasteiger partial charge < -0.3 is 9.23 Å². The van der Waals surface area contributed by atoms with E-state index >= 15 is 0 Å². The second-order valence-corrected chi connectivity index (χ2v) is 6.03. The molecule has 0 atom stereocenters. The van der Waals surface area contributed by atoms with Crippen molar-refractivity contribution in [1.82, 2.24) is 9.79 Å². The van der Waals surface area contributed by atoms with Gasteiger partial charge in [-0.15, -0.1) is 0 Å². The Bertz CT molecular complexity index is 1140. The summed E-state index contributed by atoms with van der Waals surface area (Å²) in [6.07, 6.45) is 5.47. The largest absolute Gasteiger partial charge is 0.438 e. The number of pyridine rings is 2. The number of hydrogen-bond acceptors (Lipinski definition) is 3. The van der Waals surface area contributed by atoms with E-state index in [0.717, 1.165) is 27.1 Å². The van der Waals surface area contributed by atoms with Gasteiger partial charge in [-0.2, -0.15) is 0 Å². The third kappa shape index (κ3) is 2.07. The van der Waals surface area contributed by atoms with Gasteiger partial charge in [-0.3, -0.25) is 0 Å². The first-order valence-corrected chi connectivity index (χ1v) is 7.55. The lowest BCUT2D eigenvalue weighted by molar-refractivity contribution is -0.654. The summed E-state index contributed by atoms with van der Waals surface area (Å²) in [4.78, 5) is 6.44. The highest BCUT2D eigenvalue weighted by Crippen LogP contribution is 2.11. The number of hydrogen-bond donors (Lipinski definition) is 0. The van der Waals surface area contributed by atoms with Crippen LogP contribution in [0.2, 0.25) is 0 Å². The van der Waals surface area contributed by atoms with E-state index in [4.69, 9.17) is 8.53 Å². The molecule has 4 heterocycles. The molecular weight excluding hydrogens is 285 g/mol. The third-order valence-corrected chi connectivity index (χ3v) is 4.47. The van der Waals surface area contributed by atoms with E-state index in [-0.39, 0.29) is 6.85 Å². The molecule has 1 aliphatic rings. The molecule has 4 rings (SSSR count). The van der Waals surface area contributed by atoms with Crippen molar-refractivity contribution >= 4 is 35.2 Å². The van der Waals surface area contributed by atoms with Crippen LogP contribution in [0.1, 0.15) is 16.6 Å². The van der Waals surface area contributed by atoms with Crippen LogP contribution in [0, 0.1) is 6.85 Å². The van der Waals surface area contributed by atoms with E-state index in [1.54, 1.807) is 18.5 Å². The van der Waals surface area contributed by atoms with E-state index in [0.29, 0.717) is 11.3 Å². The molecule has 0 radical (unpaired) electrons. The van der Waals surface area contributed by atoms with Crippen molar-refractivity contribution in [1.29, 1.82) is 0 Å². The van der Waals surface area contributed by atoms with E-state index in [1.807, 2.05) is 43.8 Å². The number of nitrogens with zero attached hydrogens (tertiary/aromatic N) is 3. The molecular formula is C18H19BN3O+. The van der Waals surface area contributed by atoms with Crippen LogP contribution in [0.25, 0.3) is 22.8 Å². The van der Waals surface area contributed by atoms with Crippen molar-refractivity contribution in [2.45, 2.75) is 13.8 Å². The van der Waals surface area contributed by atoms with Crippen LogP contribution in [-0.4, -0.2) is 23.7 Å². The molecule has 0 bridgehead atoms.